The molecule has 1 heterocycles. The average Bonchev–Trinajstić information content (AvgIpc) is 3.63. The molecular formula is C29H43N5O2. The first-order valence-corrected chi connectivity index (χ1v) is 13.0. The molecule has 1 unspecified atom stereocenters. The first-order valence-electron chi connectivity index (χ1n) is 13.0. The third kappa shape index (κ3) is 6.58. The van der Waals surface area contributed by atoms with Gasteiger partial charge in [0.15, 0.2) is 0 Å². The second-order valence-electron chi connectivity index (χ2n) is 10.6. The van der Waals surface area contributed by atoms with Crippen LogP contribution in [-0.4, -0.2) is 43.9 Å². The molecule has 1 aromatic rings. The summed E-state index contributed by atoms with van der Waals surface area (Å²) in [5, 5.41) is 9.38. The third-order valence-corrected chi connectivity index (χ3v) is 7.25. The Kier molecular flexibility index (Phi) is 9.01. The minimum absolute atomic E-state index is 0.0866. The molecule has 196 valence electrons. The highest BCUT2D eigenvalue weighted by Crippen LogP contribution is 2.52. The minimum atomic E-state index is -0.412. The predicted molar refractivity (Wildman–Crippen MR) is 146 cm³/mol. The van der Waals surface area contributed by atoms with Crippen LogP contribution in [0.3, 0.4) is 0 Å². The summed E-state index contributed by atoms with van der Waals surface area (Å²) in [5.41, 5.74) is 11.5. The number of likely N-dealkylation sites (tertiary alicyclic amines) is 1. The van der Waals surface area contributed by atoms with Crippen molar-refractivity contribution in [1.29, 1.82) is 0 Å². The van der Waals surface area contributed by atoms with E-state index < -0.39 is 5.92 Å². The van der Waals surface area contributed by atoms with Crippen molar-refractivity contribution in [1.82, 2.24) is 20.9 Å². The maximum Gasteiger partial charge on any atom is 0.233 e. The third-order valence-electron chi connectivity index (χ3n) is 7.25. The number of hydrogen-bond donors (Lipinski definition) is 4. The van der Waals surface area contributed by atoms with Gasteiger partial charge in [-0.25, -0.2) is 0 Å². The molecule has 7 nitrogen and oxygen atoms in total. The molecule has 2 fully saturated rings. The number of nitrogens with zero attached hydrogens (tertiary/aromatic N) is 1. The normalized spacial score (nSPS) is 22.1. The van der Waals surface area contributed by atoms with E-state index in [4.69, 9.17) is 5.73 Å². The van der Waals surface area contributed by atoms with Gasteiger partial charge in [-0.3, -0.25) is 9.59 Å². The largest absolute Gasteiger partial charge is 0.402 e. The topological polar surface area (TPSA) is 99.5 Å². The molecule has 0 spiro atoms. The lowest BCUT2D eigenvalue weighted by atomic mass is 9.83. The number of allylic oxidation sites excluding steroid dienone is 2. The van der Waals surface area contributed by atoms with E-state index in [0.717, 1.165) is 53.8 Å². The molecule has 1 aliphatic carbocycles. The van der Waals surface area contributed by atoms with Gasteiger partial charge in [-0.15, -0.1) is 0 Å². The molecule has 2 aliphatic rings. The summed E-state index contributed by atoms with van der Waals surface area (Å²) in [5.74, 6) is 0.136. The second kappa shape index (κ2) is 11.8. The van der Waals surface area contributed by atoms with Gasteiger partial charge < -0.3 is 26.6 Å². The van der Waals surface area contributed by atoms with Crippen LogP contribution < -0.4 is 21.7 Å². The zero-order chi connectivity index (χ0) is 26.5. The number of nitrogens with two attached hydrogens (primary N) is 1. The lowest BCUT2D eigenvalue weighted by Gasteiger charge is -2.24. The Morgan fingerprint density at radius 1 is 1.28 bits per heavy atom. The second-order valence-corrected chi connectivity index (χ2v) is 10.6. The number of benzene rings is 1. The van der Waals surface area contributed by atoms with Crippen molar-refractivity contribution in [2.75, 3.05) is 27.2 Å². The fourth-order valence-electron chi connectivity index (χ4n) is 5.09. The Bertz CT molecular complexity index is 1070. The van der Waals surface area contributed by atoms with Crippen LogP contribution in [0.5, 0.6) is 0 Å². The van der Waals surface area contributed by atoms with Gasteiger partial charge >= 0.3 is 0 Å². The maximum atomic E-state index is 13.3. The zero-order valence-corrected chi connectivity index (χ0v) is 22.7. The van der Waals surface area contributed by atoms with Crippen LogP contribution >= 0.6 is 0 Å². The summed E-state index contributed by atoms with van der Waals surface area (Å²) in [6, 6.07) is 6.35. The molecule has 3 rings (SSSR count). The van der Waals surface area contributed by atoms with E-state index in [1.165, 1.54) is 0 Å². The van der Waals surface area contributed by atoms with Crippen molar-refractivity contribution in [2.45, 2.75) is 53.5 Å². The van der Waals surface area contributed by atoms with Crippen LogP contribution in [0.4, 0.5) is 0 Å². The van der Waals surface area contributed by atoms with Gasteiger partial charge in [-0.1, -0.05) is 31.5 Å². The van der Waals surface area contributed by atoms with Crippen LogP contribution in [0.15, 0.2) is 47.9 Å². The number of rotatable bonds is 11. The summed E-state index contributed by atoms with van der Waals surface area (Å²) in [6.07, 6.45) is 8.76. The number of hydrogen-bond acceptors (Lipinski definition) is 5. The Morgan fingerprint density at radius 3 is 2.61 bits per heavy atom. The van der Waals surface area contributed by atoms with Gasteiger partial charge in [0.1, 0.15) is 0 Å². The quantitative estimate of drug-likeness (QED) is 0.354. The van der Waals surface area contributed by atoms with Crippen LogP contribution in [0, 0.1) is 24.2 Å². The van der Waals surface area contributed by atoms with Crippen molar-refractivity contribution < 1.29 is 9.59 Å². The van der Waals surface area contributed by atoms with Gasteiger partial charge in [0.2, 0.25) is 11.8 Å². The van der Waals surface area contributed by atoms with E-state index in [0.29, 0.717) is 24.7 Å². The lowest BCUT2D eigenvalue weighted by Crippen LogP contribution is -2.34. The van der Waals surface area contributed by atoms with E-state index in [9.17, 15) is 9.59 Å². The van der Waals surface area contributed by atoms with E-state index in [2.05, 4.69) is 48.0 Å². The SMILES string of the molecule is CN/C=C(\CNC)c1cc(C)cc(CNC(=O)C(C)/C=C(\C=C(\C)N)N2CC[C@@](C)(C3CC3)C2=O)c1. The Balaban J connectivity index is 1.73. The first kappa shape index (κ1) is 27.5. The summed E-state index contributed by atoms with van der Waals surface area (Å²) in [4.78, 5) is 28.2. The van der Waals surface area contributed by atoms with Gasteiger partial charge in [-0.05, 0) is 81.0 Å². The number of likely N-dealkylation sites (N-methyl/N-ethyl adjacent to an activating group) is 1. The fraction of sp³-hybridized carbons (Fsp3) is 0.517. The van der Waals surface area contributed by atoms with Gasteiger partial charge in [-0.2, -0.15) is 0 Å². The monoisotopic (exact) mass is 493 g/mol. The van der Waals surface area contributed by atoms with Crippen molar-refractivity contribution in [2.24, 2.45) is 23.0 Å². The smallest absolute Gasteiger partial charge is 0.233 e. The van der Waals surface area contributed by atoms with Crippen LogP contribution in [0.1, 0.15) is 56.7 Å². The minimum Gasteiger partial charge on any atom is -0.402 e. The van der Waals surface area contributed by atoms with E-state index in [-0.39, 0.29) is 17.2 Å². The zero-order valence-electron chi connectivity index (χ0n) is 22.7. The van der Waals surface area contributed by atoms with Crippen molar-refractivity contribution in [3.63, 3.8) is 0 Å². The van der Waals surface area contributed by atoms with Crippen molar-refractivity contribution in [3.05, 3.63) is 64.6 Å². The number of nitrogens with one attached hydrogen (secondary N) is 3. The van der Waals surface area contributed by atoms with Crippen LogP contribution in [-0.2, 0) is 16.1 Å². The summed E-state index contributed by atoms with van der Waals surface area (Å²) in [7, 11) is 3.81. The summed E-state index contributed by atoms with van der Waals surface area (Å²) < 4.78 is 0. The standard InChI is InChI=1S/C29H43N5O2/c1-19-11-22(15-23(12-19)24(17-31-5)18-32-6)16-33-27(35)20(2)13-26(14-21(3)30)34-10-9-29(4,28(34)36)25-7-8-25/h11-15,17,20,25,31-32H,7-10,16,18,30H2,1-6H3,(H,33,35)/b21-14-,24-17+,26-13+/t20?,29-/m0/s1. The Hall–Kier alpha value is -3.06. The predicted octanol–water partition coefficient (Wildman–Crippen LogP) is 3.42. The lowest BCUT2D eigenvalue weighted by molar-refractivity contribution is -0.134. The highest BCUT2D eigenvalue weighted by molar-refractivity contribution is 5.87. The molecule has 0 aromatic heterocycles. The molecule has 5 N–H and O–H groups in total. The van der Waals surface area contributed by atoms with E-state index in [1.807, 2.05) is 44.3 Å². The van der Waals surface area contributed by atoms with Crippen LogP contribution in [0.25, 0.3) is 5.57 Å². The van der Waals surface area contributed by atoms with Crippen LogP contribution in [0.2, 0.25) is 0 Å². The number of carbonyl (C=O) groups excluding carboxylic acids is 2. The van der Waals surface area contributed by atoms with Gasteiger partial charge in [0, 0.05) is 44.3 Å². The number of aryl methyl sites for hydroxylation is 1. The first-order chi connectivity index (χ1) is 17.1. The molecule has 7 heteroatoms. The molecule has 2 atom stereocenters. The number of carbonyl (C=O) groups is 2. The number of amides is 2. The van der Waals surface area contributed by atoms with Crippen molar-refractivity contribution in [3.8, 4) is 0 Å². The molecule has 0 radical (unpaired) electrons. The van der Waals surface area contributed by atoms with E-state index >= 15 is 0 Å². The molecule has 1 aliphatic heterocycles. The highest BCUT2D eigenvalue weighted by Gasteiger charge is 2.52. The molecule has 2 amide bonds. The average molecular weight is 494 g/mol. The van der Waals surface area contributed by atoms with Gasteiger partial charge in [0.05, 0.1) is 11.3 Å². The van der Waals surface area contributed by atoms with Gasteiger partial charge in [0.25, 0.3) is 0 Å². The Labute approximate surface area is 216 Å². The molecule has 0 bridgehead atoms. The maximum absolute atomic E-state index is 13.3. The molecular weight excluding hydrogens is 450 g/mol. The highest BCUT2D eigenvalue weighted by atomic mass is 16.2. The molecule has 1 saturated heterocycles. The molecule has 36 heavy (non-hydrogen) atoms. The molecule has 1 saturated carbocycles. The van der Waals surface area contributed by atoms with Crippen molar-refractivity contribution >= 4 is 17.4 Å². The molecule has 1 aromatic carbocycles. The van der Waals surface area contributed by atoms with E-state index in [1.54, 1.807) is 6.92 Å². The summed E-state index contributed by atoms with van der Waals surface area (Å²) >= 11 is 0. The summed E-state index contributed by atoms with van der Waals surface area (Å²) in [6.45, 7) is 9.65. The Morgan fingerprint density at radius 2 is 2.00 bits per heavy atom. The fourth-order valence-corrected chi connectivity index (χ4v) is 5.09.